The smallest absolute Gasteiger partial charge is 0.343 e. The van der Waals surface area contributed by atoms with E-state index in [1.807, 2.05) is 32.9 Å². The van der Waals surface area contributed by atoms with Crippen LogP contribution in [0.5, 0.6) is 11.5 Å². The summed E-state index contributed by atoms with van der Waals surface area (Å²) in [5.41, 5.74) is 6.18. The third kappa shape index (κ3) is 6.26. The van der Waals surface area contributed by atoms with Gasteiger partial charge < -0.3 is 9.47 Å². The summed E-state index contributed by atoms with van der Waals surface area (Å²) in [4.78, 5) is 34.4. The highest BCUT2D eigenvalue weighted by molar-refractivity contribution is 5.91. The molecule has 0 radical (unpaired) electrons. The van der Waals surface area contributed by atoms with Crippen LogP contribution in [0.15, 0.2) is 65.8 Å². The van der Waals surface area contributed by atoms with Crippen LogP contribution in [0.25, 0.3) is 0 Å². The molecule has 174 valence electrons. The first-order chi connectivity index (χ1) is 16.2. The van der Waals surface area contributed by atoms with Gasteiger partial charge in [-0.05, 0) is 79.4 Å². The molecule has 0 spiro atoms. The maximum atomic E-state index is 12.2. The molecular formula is C25H23N3O6. The SMILES string of the molecule is Cc1ccc(C)c(OCC(=O)N/N=C/c2ccc(OC(=O)c3ccc([N+](=O)[O-])cc3)cc2)c1C. The largest absolute Gasteiger partial charge is 0.483 e. The van der Waals surface area contributed by atoms with Gasteiger partial charge in [-0.25, -0.2) is 10.2 Å². The Balaban J connectivity index is 1.50. The molecule has 9 nitrogen and oxygen atoms in total. The van der Waals surface area contributed by atoms with Crippen LogP contribution in [0.3, 0.4) is 0 Å². The van der Waals surface area contributed by atoms with Gasteiger partial charge in [-0.1, -0.05) is 12.1 Å². The number of carbonyl (C=O) groups excluding carboxylic acids is 2. The molecule has 1 amide bonds. The minimum Gasteiger partial charge on any atom is -0.483 e. The van der Waals surface area contributed by atoms with Crippen LogP contribution in [0.1, 0.15) is 32.6 Å². The van der Waals surface area contributed by atoms with E-state index in [4.69, 9.17) is 9.47 Å². The number of hydrogen-bond acceptors (Lipinski definition) is 7. The molecule has 0 unspecified atom stereocenters. The molecule has 9 heteroatoms. The van der Waals surface area contributed by atoms with E-state index in [1.54, 1.807) is 24.3 Å². The van der Waals surface area contributed by atoms with Crippen LogP contribution >= 0.6 is 0 Å². The second kappa shape index (κ2) is 10.9. The zero-order chi connectivity index (χ0) is 24.7. The van der Waals surface area contributed by atoms with Gasteiger partial charge in [-0.2, -0.15) is 5.10 Å². The fourth-order valence-electron chi connectivity index (χ4n) is 3.00. The number of aryl methyl sites for hydroxylation is 2. The van der Waals surface area contributed by atoms with Crippen LogP contribution < -0.4 is 14.9 Å². The van der Waals surface area contributed by atoms with Crippen molar-refractivity contribution in [2.75, 3.05) is 6.61 Å². The molecule has 34 heavy (non-hydrogen) atoms. The Kier molecular flexibility index (Phi) is 7.71. The molecule has 3 rings (SSSR count). The third-order valence-electron chi connectivity index (χ3n) is 5.03. The summed E-state index contributed by atoms with van der Waals surface area (Å²) < 4.78 is 10.9. The maximum Gasteiger partial charge on any atom is 0.343 e. The molecule has 0 aliphatic rings. The molecule has 3 aromatic rings. The van der Waals surface area contributed by atoms with E-state index in [1.165, 1.54) is 30.5 Å². The Morgan fingerprint density at radius 3 is 2.26 bits per heavy atom. The lowest BCUT2D eigenvalue weighted by Gasteiger charge is -2.13. The van der Waals surface area contributed by atoms with E-state index in [-0.39, 0.29) is 17.9 Å². The van der Waals surface area contributed by atoms with Gasteiger partial charge in [0.25, 0.3) is 11.6 Å². The lowest BCUT2D eigenvalue weighted by atomic mass is 10.1. The Morgan fingerprint density at radius 2 is 1.62 bits per heavy atom. The highest BCUT2D eigenvalue weighted by atomic mass is 16.6. The number of carbonyl (C=O) groups is 2. The van der Waals surface area contributed by atoms with E-state index in [9.17, 15) is 19.7 Å². The Hall–Kier alpha value is -4.53. The summed E-state index contributed by atoms with van der Waals surface area (Å²) in [5.74, 6) is -0.0484. The number of ether oxygens (including phenoxy) is 2. The molecule has 0 aliphatic heterocycles. The summed E-state index contributed by atoms with van der Waals surface area (Å²) in [7, 11) is 0. The van der Waals surface area contributed by atoms with Crippen molar-refractivity contribution in [1.82, 2.24) is 5.43 Å². The zero-order valence-electron chi connectivity index (χ0n) is 18.9. The van der Waals surface area contributed by atoms with Gasteiger partial charge in [0.15, 0.2) is 6.61 Å². The first kappa shape index (κ1) is 24.1. The molecule has 0 fully saturated rings. The fourth-order valence-corrected chi connectivity index (χ4v) is 3.00. The predicted octanol–water partition coefficient (Wildman–Crippen LogP) is 4.27. The topological polar surface area (TPSA) is 120 Å². The van der Waals surface area contributed by atoms with Crippen LogP contribution in [-0.2, 0) is 4.79 Å². The standard InChI is InChI=1S/C25H23N3O6/c1-16-4-5-17(2)24(18(16)3)33-15-23(29)27-26-14-19-6-12-22(13-7-19)34-25(30)20-8-10-21(11-9-20)28(31)32/h4-14H,15H2,1-3H3,(H,27,29)/b26-14+. The summed E-state index contributed by atoms with van der Waals surface area (Å²) in [6.45, 7) is 5.68. The second-order valence-electron chi connectivity index (χ2n) is 7.50. The number of non-ortho nitro benzene ring substituents is 1. The quantitative estimate of drug-likeness (QED) is 0.176. The monoisotopic (exact) mass is 461 g/mol. The van der Waals surface area contributed by atoms with Gasteiger partial charge in [-0.15, -0.1) is 0 Å². The predicted molar refractivity (Wildman–Crippen MR) is 126 cm³/mol. The molecular weight excluding hydrogens is 438 g/mol. The van der Waals surface area contributed by atoms with Crippen LogP contribution in [0.2, 0.25) is 0 Å². The number of rotatable bonds is 8. The Labute approximate surface area is 196 Å². The van der Waals surface area contributed by atoms with E-state index >= 15 is 0 Å². The minimum absolute atomic E-state index is 0.112. The minimum atomic E-state index is -0.636. The van der Waals surface area contributed by atoms with Gasteiger partial charge in [0.05, 0.1) is 16.7 Å². The summed E-state index contributed by atoms with van der Waals surface area (Å²) >= 11 is 0. The van der Waals surface area contributed by atoms with Gasteiger partial charge >= 0.3 is 5.97 Å². The number of benzene rings is 3. The van der Waals surface area contributed by atoms with E-state index in [2.05, 4.69) is 10.5 Å². The summed E-state index contributed by atoms with van der Waals surface area (Å²) in [6.07, 6.45) is 1.45. The van der Waals surface area contributed by atoms with Crippen LogP contribution in [0.4, 0.5) is 5.69 Å². The van der Waals surface area contributed by atoms with Crippen molar-refractivity contribution in [3.05, 3.63) is 98.6 Å². The molecule has 0 atom stereocenters. The Morgan fingerprint density at radius 1 is 0.971 bits per heavy atom. The van der Waals surface area contributed by atoms with Gasteiger partial charge in [0.1, 0.15) is 11.5 Å². The van der Waals surface area contributed by atoms with Crippen molar-refractivity contribution in [3.63, 3.8) is 0 Å². The number of nitro groups is 1. The molecule has 0 aromatic heterocycles. The molecule has 0 aliphatic carbocycles. The third-order valence-corrected chi connectivity index (χ3v) is 5.03. The summed E-state index contributed by atoms with van der Waals surface area (Å²) in [6, 6.07) is 15.5. The number of nitro benzene ring substituents is 1. The average Bonchev–Trinajstić information content (AvgIpc) is 2.82. The van der Waals surface area contributed by atoms with Crippen molar-refractivity contribution < 1.29 is 24.0 Å². The van der Waals surface area contributed by atoms with E-state index < -0.39 is 16.8 Å². The normalized spacial score (nSPS) is 10.7. The lowest BCUT2D eigenvalue weighted by Crippen LogP contribution is -2.25. The number of nitrogens with one attached hydrogen (secondary N) is 1. The molecule has 0 saturated heterocycles. The number of nitrogens with zero attached hydrogens (tertiary/aromatic N) is 2. The van der Waals surface area contributed by atoms with Crippen molar-refractivity contribution in [2.24, 2.45) is 5.10 Å². The molecule has 0 heterocycles. The van der Waals surface area contributed by atoms with Crippen LogP contribution in [0, 0.1) is 30.9 Å². The molecule has 3 aromatic carbocycles. The van der Waals surface area contributed by atoms with E-state index in [0.717, 1.165) is 16.7 Å². The van der Waals surface area contributed by atoms with Crippen molar-refractivity contribution in [3.8, 4) is 11.5 Å². The first-order valence-corrected chi connectivity index (χ1v) is 10.3. The first-order valence-electron chi connectivity index (χ1n) is 10.3. The van der Waals surface area contributed by atoms with Crippen LogP contribution in [-0.4, -0.2) is 29.6 Å². The molecule has 1 N–H and O–H groups in total. The number of amides is 1. The zero-order valence-corrected chi connectivity index (χ0v) is 18.9. The second-order valence-corrected chi connectivity index (χ2v) is 7.50. The van der Waals surface area contributed by atoms with Gasteiger partial charge in [0, 0.05) is 12.1 Å². The Bertz CT molecular complexity index is 1230. The van der Waals surface area contributed by atoms with Gasteiger partial charge in [-0.3, -0.25) is 14.9 Å². The summed E-state index contributed by atoms with van der Waals surface area (Å²) in [5, 5.41) is 14.6. The van der Waals surface area contributed by atoms with Crippen molar-refractivity contribution in [1.29, 1.82) is 0 Å². The highest BCUT2D eigenvalue weighted by Crippen LogP contribution is 2.25. The fraction of sp³-hybridized carbons (Fsp3) is 0.160. The molecule has 0 bridgehead atoms. The molecule has 0 saturated carbocycles. The van der Waals surface area contributed by atoms with Crippen molar-refractivity contribution >= 4 is 23.8 Å². The number of esters is 1. The highest BCUT2D eigenvalue weighted by Gasteiger charge is 2.12. The average molecular weight is 461 g/mol. The number of hydrazone groups is 1. The maximum absolute atomic E-state index is 12.2. The van der Waals surface area contributed by atoms with Crippen molar-refractivity contribution in [2.45, 2.75) is 20.8 Å². The lowest BCUT2D eigenvalue weighted by molar-refractivity contribution is -0.384. The number of hydrogen-bond donors (Lipinski definition) is 1. The van der Waals surface area contributed by atoms with E-state index in [0.29, 0.717) is 17.1 Å². The van der Waals surface area contributed by atoms with Gasteiger partial charge in [0.2, 0.25) is 0 Å².